The number of rotatable bonds is 6. The molecule has 2 amide bonds. The van der Waals surface area contributed by atoms with Crippen LogP contribution >= 0.6 is 0 Å². The Morgan fingerprint density at radius 2 is 1.91 bits per heavy atom. The standard InChI is InChI=1S/C15H21F3N2O2/c1-3-14(2,10-21)20-13(22)19-12-7-5-4-6-11(12)8-9-15(16,17)18/h4-7,21H,3,8-10H2,1-2H3,(H2,19,20,22). The lowest BCUT2D eigenvalue weighted by Crippen LogP contribution is -2.50. The summed E-state index contributed by atoms with van der Waals surface area (Å²) in [6, 6.07) is 5.80. The van der Waals surface area contributed by atoms with Crippen LogP contribution in [-0.2, 0) is 6.42 Å². The Bertz CT molecular complexity index is 500. The van der Waals surface area contributed by atoms with Gasteiger partial charge in [-0.15, -0.1) is 0 Å². The van der Waals surface area contributed by atoms with E-state index in [1.54, 1.807) is 31.2 Å². The largest absolute Gasteiger partial charge is 0.394 e. The zero-order valence-electron chi connectivity index (χ0n) is 12.6. The van der Waals surface area contributed by atoms with Crippen molar-refractivity contribution in [1.29, 1.82) is 0 Å². The highest BCUT2D eigenvalue weighted by Crippen LogP contribution is 2.25. The highest BCUT2D eigenvalue weighted by Gasteiger charge is 2.27. The summed E-state index contributed by atoms with van der Waals surface area (Å²) in [6.45, 7) is 3.27. The smallest absolute Gasteiger partial charge is 0.389 e. The topological polar surface area (TPSA) is 61.4 Å². The van der Waals surface area contributed by atoms with E-state index >= 15 is 0 Å². The second-order valence-electron chi connectivity index (χ2n) is 5.42. The van der Waals surface area contributed by atoms with E-state index in [1.807, 2.05) is 6.92 Å². The maximum atomic E-state index is 12.3. The van der Waals surface area contributed by atoms with E-state index in [-0.39, 0.29) is 13.0 Å². The number of aliphatic hydroxyl groups is 1. The number of halogens is 3. The number of hydrogen-bond acceptors (Lipinski definition) is 2. The zero-order chi connectivity index (χ0) is 16.8. The van der Waals surface area contributed by atoms with Crippen LogP contribution in [0.4, 0.5) is 23.7 Å². The minimum absolute atomic E-state index is 0.203. The first-order valence-corrected chi connectivity index (χ1v) is 7.04. The van der Waals surface area contributed by atoms with Crippen LogP contribution in [0.1, 0.15) is 32.3 Å². The van der Waals surface area contributed by atoms with E-state index in [4.69, 9.17) is 0 Å². The average molecular weight is 318 g/mol. The van der Waals surface area contributed by atoms with E-state index in [9.17, 15) is 23.1 Å². The number of amides is 2. The summed E-state index contributed by atoms with van der Waals surface area (Å²) in [5, 5.41) is 14.4. The van der Waals surface area contributed by atoms with Gasteiger partial charge in [0.1, 0.15) is 0 Å². The fourth-order valence-corrected chi connectivity index (χ4v) is 1.80. The third kappa shape index (κ3) is 5.93. The molecule has 0 bridgehead atoms. The molecular weight excluding hydrogens is 297 g/mol. The summed E-state index contributed by atoms with van der Waals surface area (Å²) in [6.07, 6.45) is -4.87. The van der Waals surface area contributed by atoms with Gasteiger partial charge in [0, 0.05) is 12.1 Å². The minimum atomic E-state index is -4.24. The van der Waals surface area contributed by atoms with Crippen LogP contribution in [0.2, 0.25) is 0 Å². The van der Waals surface area contributed by atoms with Crippen molar-refractivity contribution in [3.8, 4) is 0 Å². The number of carbonyl (C=O) groups is 1. The molecule has 0 radical (unpaired) electrons. The van der Waals surface area contributed by atoms with Gasteiger partial charge < -0.3 is 15.7 Å². The molecule has 0 heterocycles. The molecule has 0 aliphatic heterocycles. The summed E-state index contributed by atoms with van der Waals surface area (Å²) >= 11 is 0. The molecule has 1 atom stereocenters. The molecule has 1 aromatic carbocycles. The molecule has 1 aromatic rings. The molecule has 0 spiro atoms. The van der Waals surface area contributed by atoms with Crippen LogP contribution in [0.25, 0.3) is 0 Å². The van der Waals surface area contributed by atoms with Gasteiger partial charge in [-0.25, -0.2) is 4.79 Å². The fraction of sp³-hybridized carbons (Fsp3) is 0.533. The summed E-state index contributed by atoms with van der Waals surface area (Å²) < 4.78 is 37.0. The van der Waals surface area contributed by atoms with E-state index in [0.29, 0.717) is 17.7 Å². The lowest BCUT2D eigenvalue weighted by molar-refractivity contribution is -0.133. The second kappa shape index (κ2) is 7.49. The van der Waals surface area contributed by atoms with Crippen LogP contribution in [0.3, 0.4) is 0 Å². The van der Waals surface area contributed by atoms with Gasteiger partial charge in [-0.3, -0.25) is 0 Å². The Morgan fingerprint density at radius 1 is 1.27 bits per heavy atom. The summed E-state index contributed by atoms with van der Waals surface area (Å²) in [7, 11) is 0. The first-order chi connectivity index (χ1) is 10.2. The van der Waals surface area contributed by atoms with Gasteiger partial charge in [0.05, 0.1) is 12.1 Å². The number of para-hydroxylation sites is 1. The molecule has 7 heteroatoms. The van der Waals surface area contributed by atoms with Crippen molar-refractivity contribution >= 4 is 11.7 Å². The summed E-state index contributed by atoms with van der Waals surface area (Å²) in [4.78, 5) is 11.9. The van der Waals surface area contributed by atoms with Crippen molar-refractivity contribution in [2.24, 2.45) is 0 Å². The van der Waals surface area contributed by atoms with Gasteiger partial charge in [0.15, 0.2) is 0 Å². The van der Waals surface area contributed by atoms with Crippen LogP contribution in [0.5, 0.6) is 0 Å². The fourth-order valence-electron chi connectivity index (χ4n) is 1.80. The minimum Gasteiger partial charge on any atom is -0.394 e. The van der Waals surface area contributed by atoms with E-state index < -0.39 is 24.2 Å². The quantitative estimate of drug-likeness (QED) is 0.752. The first kappa shape index (κ1) is 18.3. The van der Waals surface area contributed by atoms with Crippen molar-refractivity contribution in [1.82, 2.24) is 5.32 Å². The number of benzene rings is 1. The molecule has 22 heavy (non-hydrogen) atoms. The molecule has 0 saturated carbocycles. The Hall–Kier alpha value is -1.76. The van der Waals surface area contributed by atoms with Crippen molar-refractivity contribution in [2.45, 2.75) is 44.8 Å². The van der Waals surface area contributed by atoms with Crippen molar-refractivity contribution < 1.29 is 23.1 Å². The highest BCUT2D eigenvalue weighted by atomic mass is 19.4. The Kier molecular flexibility index (Phi) is 6.22. The molecule has 0 aromatic heterocycles. The molecule has 0 aliphatic carbocycles. The number of aliphatic hydroxyl groups excluding tert-OH is 1. The number of anilines is 1. The monoisotopic (exact) mass is 318 g/mol. The second-order valence-corrected chi connectivity index (χ2v) is 5.42. The molecule has 1 unspecified atom stereocenters. The van der Waals surface area contributed by atoms with Gasteiger partial charge in [-0.1, -0.05) is 25.1 Å². The maximum absolute atomic E-state index is 12.3. The number of aryl methyl sites for hydroxylation is 1. The van der Waals surface area contributed by atoms with Crippen molar-refractivity contribution in [3.63, 3.8) is 0 Å². The summed E-state index contributed by atoms with van der Waals surface area (Å²) in [5.41, 5.74) is -0.0248. The predicted molar refractivity (Wildman–Crippen MR) is 78.8 cm³/mol. The third-order valence-corrected chi connectivity index (χ3v) is 3.49. The molecule has 1 rings (SSSR count). The third-order valence-electron chi connectivity index (χ3n) is 3.49. The first-order valence-electron chi connectivity index (χ1n) is 7.04. The van der Waals surface area contributed by atoms with Gasteiger partial charge >= 0.3 is 12.2 Å². The lowest BCUT2D eigenvalue weighted by Gasteiger charge is -2.27. The van der Waals surface area contributed by atoms with Crippen molar-refractivity contribution in [2.75, 3.05) is 11.9 Å². The van der Waals surface area contributed by atoms with Crippen LogP contribution in [-0.4, -0.2) is 29.5 Å². The van der Waals surface area contributed by atoms with E-state index in [2.05, 4.69) is 10.6 Å². The van der Waals surface area contributed by atoms with Crippen molar-refractivity contribution in [3.05, 3.63) is 29.8 Å². The number of urea groups is 1. The van der Waals surface area contributed by atoms with Gasteiger partial charge in [-0.2, -0.15) is 13.2 Å². The number of hydrogen-bond donors (Lipinski definition) is 3. The number of nitrogens with one attached hydrogen (secondary N) is 2. The van der Waals surface area contributed by atoms with E-state index in [0.717, 1.165) is 0 Å². The molecule has 0 saturated heterocycles. The molecular formula is C15H21F3N2O2. The molecule has 0 aliphatic rings. The predicted octanol–water partition coefficient (Wildman–Crippen LogP) is 3.46. The van der Waals surface area contributed by atoms with Crippen LogP contribution < -0.4 is 10.6 Å². The summed E-state index contributed by atoms with van der Waals surface area (Å²) in [5.74, 6) is 0. The number of alkyl halides is 3. The maximum Gasteiger partial charge on any atom is 0.389 e. The van der Waals surface area contributed by atoms with Gasteiger partial charge in [0.2, 0.25) is 0 Å². The average Bonchev–Trinajstić information content (AvgIpc) is 2.45. The molecule has 3 N–H and O–H groups in total. The lowest BCUT2D eigenvalue weighted by atomic mass is 10.0. The Morgan fingerprint density at radius 3 is 2.45 bits per heavy atom. The Labute approximate surface area is 127 Å². The molecule has 124 valence electrons. The normalized spacial score (nSPS) is 14.3. The Balaban J connectivity index is 2.75. The molecule has 0 fully saturated rings. The van der Waals surface area contributed by atoms with Gasteiger partial charge in [-0.05, 0) is 31.4 Å². The SMILES string of the molecule is CCC(C)(CO)NC(=O)Nc1ccccc1CCC(F)(F)F. The molecule has 4 nitrogen and oxygen atoms in total. The zero-order valence-corrected chi connectivity index (χ0v) is 12.6. The van der Waals surface area contributed by atoms with E-state index in [1.165, 1.54) is 0 Å². The van der Waals surface area contributed by atoms with Crippen LogP contribution in [0, 0.1) is 0 Å². The number of carbonyl (C=O) groups excluding carboxylic acids is 1. The highest BCUT2D eigenvalue weighted by molar-refractivity contribution is 5.90. The van der Waals surface area contributed by atoms with Gasteiger partial charge in [0.25, 0.3) is 0 Å². The van der Waals surface area contributed by atoms with Crippen LogP contribution in [0.15, 0.2) is 24.3 Å².